The van der Waals surface area contributed by atoms with Gasteiger partial charge in [-0.3, -0.25) is 4.90 Å². The van der Waals surface area contributed by atoms with Gasteiger partial charge in [-0.05, 0) is 32.9 Å². The smallest absolute Gasteiger partial charge is 0.373 e. The van der Waals surface area contributed by atoms with Crippen LogP contribution in [0.15, 0.2) is 16.5 Å². The molecule has 1 rings (SSSR count). The Balaban J connectivity index is 2.69. The monoisotopic (exact) mass is 255 g/mol. The van der Waals surface area contributed by atoms with E-state index < -0.39 is 12.1 Å². The lowest BCUT2D eigenvalue weighted by molar-refractivity contribution is 0.0556. The van der Waals surface area contributed by atoms with Crippen LogP contribution in [-0.2, 0) is 11.3 Å². The quantitative estimate of drug-likeness (QED) is 0.783. The fourth-order valence-corrected chi connectivity index (χ4v) is 1.67. The molecule has 102 valence electrons. The molecule has 0 aliphatic carbocycles. The summed E-state index contributed by atoms with van der Waals surface area (Å²) in [5, 5.41) is 9.43. The van der Waals surface area contributed by atoms with Crippen LogP contribution in [0, 0.1) is 0 Å². The Morgan fingerprint density at radius 1 is 1.44 bits per heavy atom. The van der Waals surface area contributed by atoms with E-state index in [-0.39, 0.29) is 11.8 Å². The second kappa shape index (κ2) is 6.56. The predicted molar refractivity (Wildman–Crippen MR) is 67.3 cm³/mol. The zero-order valence-corrected chi connectivity index (χ0v) is 11.3. The number of furan rings is 1. The fraction of sp³-hybridized carbons (Fsp3) is 0.615. The van der Waals surface area contributed by atoms with Crippen LogP contribution >= 0.6 is 0 Å². The Morgan fingerprint density at radius 2 is 2.11 bits per heavy atom. The zero-order valence-electron chi connectivity index (χ0n) is 11.3. The minimum atomic E-state index is -0.479. The van der Waals surface area contributed by atoms with Gasteiger partial charge >= 0.3 is 5.97 Å². The summed E-state index contributed by atoms with van der Waals surface area (Å²) in [6, 6.07) is 3.64. The number of carbonyl (C=O) groups excluding carboxylic acids is 1. The van der Waals surface area contributed by atoms with Crippen molar-refractivity contribution in [2.45, 2.75) is 39.5 Å². The Bertz CT molecular complexity index is 384. The molecule has 1 N–H and O–H groups in total. The van der Waals surface area contributed by atoms with E-state index in [1.807, 2.05) is 13.8 Å². The zero-order chi connectivity index (χ0) is 13.7. The number of esters is 1. The van der Waals surface area contributed by atoms with Gasteiger partial charge in [-0.2, -0.15) is 0 Å². The van der Waals surface area contributed by atoms with Crippen molar-refractivity contribution in [2.24, 2.45) is 0 Å². The van der Waals surface area contributed by atoms with E-state index in [2.05, 4.69) is 9.64 Å². The fourth-order valence-electron chi connectivity index (χ4n) is 1.67. The normalized spacial score (nSPS) is 13.1. The largest absolute Gasteiger partial charge is 0.463 e. The van der Waals surface area contributed by atoms with Crippen molar-refractivity contribution in [1.29, 1.82) is 0 Å². The summed E-state index contributed by atoms with van der Waals surface area (Å²) in [5.74, 6) is 0.408. The number of hydrogen-bond donors (Lipinski definition) is 1. The Kier molecular flexibility index (Phi) is 5.37. The van der Waals surface area contributed by atoms with Gasteiger partial charge in [0.2, 0.25) is 5.76 Å². The highest BCUT2D eigenvalue weighted by atomic mass is 16.5. The first kappa shape index (κ1) is 14.7. The standard InChI is InChI=1S/C13H21NO4/c1-9(2)14(7-10(3)15)8-11-5-6-12(18-11)13(16)17-4/h5-6,9-10,15H,7-8H2,1-4H3. The van der Waals surface area contributed by atoms with Gasteiger partial charge in [-0.15, -0.1) is 0 Å². The van der Waals surface area contributed by atoms with Crippen LogP contribution in [0.25, 0.3) is 0 Å². The average molecular weight is 255 g/mol. The van der Waals surface area contributed by atoms with Crippen molar-refractivity contribution in [3.63, 3.8) is 0 Å². The highest BCUT2D eigenvalue weighted by Crippen LogP contribution is 2.13. The van der Waals surface area contributed by atoms with Gasteiger partial charge < -0.3 is 14.3 Å². The van der Waals surface area contributed by atoms with Gasteiger partial charge in [0, 0.05) is 12.6 Å². The van der Waals surface area contributed by atoms with E-state index in [1.165, 1.54) is 7.11 Å². The Morgan fingerprint density at radius 3 is 2.61 bits per heavy atom. The number of aliphatic hydroxyl groups excluding tert-OH is 1. The number of nitrogens with zero attached hydrogens (tertiary/aromatic N) is 1. The topological polar surface area (TPSA) is 62.9 Å². The minimum absolute atomic E-state index is 0.202. The third kappa shape index (κ3) is 4.16. The molecule has 0 saturated heterocycles. The summed E-state index contributed by atoms with van der Waals surface area (Å²) in [5.41, 5.74) is 0. The van der Waals surface area contributed by atoms with Gasteiger partial charge in [-0.1, -0.05) is 0 Å². The number of rotatable bonds is 6. The highest BCUT2D eigenvalue weighted by Gasteiger charge is 2.16. The average Bonchev–Trinajstić information content (AvgIpc) is 2.75. The van der Waals surface area contributed by atoms with Crippen LogP contribution in [0.3, 0.4) is 0 Å². The van der Waals surface area contributed by atoms with E-state index in [1.54, 1.807) is 19.1 Å². The van der Waals surface area contributed by atoms with Crippen LogP contribution in [0.5, 0.6) is 0 Å². The Hall–Kier alpha value is -1.33. The maximum atomic E-state index is 11.3. The first-order chi connectivity index (χ1) is 8.43. The lowest BCUT2D eigenvalue weighted by Gasteiger charge is -2.26. The second-order valence-electron chi connectivity index (χ2n) is 4.63. The van der Waals surface area contributed by atoms with Crippen molar-refractivity contribution in [3.05, 3.63) is 23.7 Å². The van der Waals surface area contributed by atoms with Gasteiger partial charge in [0.1, 0.15) is 5.76 Å². The summed E-state index contributed by atoms with van der Waals surface area (Å²) < 4.78 is 9.98. The molecule has 0 amide bonds. The maximum absolute atomic E-state index is 11.3. The molecule has 5 heteroatoms. The second-order valence-corrected chi connectivity index (χ2v) is 4.63. The Labute approximate surface area is 107 Å². The van der Waals surface area contributed by atoms with Crippen molar-refractivity contribution in [2.75, 3.05) is 13.7 Å². The molecule has 0 radical (unpaired) electrons. The molecule has 0 aliphatic heterocycles. The van der Waals surface area contributed by atoms with Crippen molar-refractivity contribution in [1.82, 2.24) is 4.90 Å². The van der Waals surface area contributed by atoms with Crippen LogP contribution < -0.4 is 0 Å². The van der Waals surface area contributed by atoms with E-state index >= 15 is 0 Å². The van der Waals surface area contributed by atoms with Gasteiger partial charge in [0.25, 0.3) is 0 Å². The molecule has 1 aromatic heterocycles. The van der Waals surface area contributed by atoms with Crippen molar-refractivity contribution in [3.8, 4) is 0 Å². The van der Waals surface area contributed by atoms with Gasteiger partial charge in [-0.25, -0.2) is 4.79 Å². The number of methoxy groups -OCH3 is 1. The molecule has 0 spiro atoms. The molecular weight excluding hydrogens is 234 g/mol. The number of hydrogen-bond acceptors (Lipinski definition) is 5. The SMILES string of the molecule is COC(=O)c1ccc(CN(CC(C)O)C(C)C)o1. The summed E-state index contributed by atoms with van der Waals surface area (Å²) >= 11 is 0. The first-order valence-corrected chi connectivity index (χ1v) is 6.03. The summed E-state index contributed by atoms with van der Waals surface area (Å²) in [4.78, 5) is 13.3. The molecule has 1 aromatic rings. The first-order valence-electron chi connectivity index (χ1n) is 6.03. The molecule has 18 heavy (non-hydrogen) atoms. The molecule has 1 unspecified atom stereocenters. The highest BCUT2D eigenvalue weighted by molar-refractivity contribution is 5.86. The van der Waals surface area contributed by atoms with E-state index in [0.29, 0.717) is 18.8 Å². The molecule has 0 fully saturated rings. The third-order valence-electron chi connectivity index (χ3n) is 2.64. The molecule has 5 nitrogen and oxygen atoms in total. The third-order valence-corrected chi connectivity index (χ3v) is 2.64. The van der Waals surface area contributed by atoms with Crippen molar-refractivity contribution < 1.29 is 19.1 Å². The van der Waals surface area contributed by atoms with Gasteiger partial charge in [0.15, 0.2) is 0 Å². The molecule has 0 saturated carbocycles. The lowest BCUT2D eigenvalue weighted by Crippen LogP contribution is -2.35. The van der Waals surface area contributed by atoms with E-state index in [4.69, 9.17) is 4.42 Å². The summed E-state index contributed by atoms with van der Waals surface area (Å²) in [7, 11) is 1.32. The van der Waals surface area contributed by atoms with Crippen molar-refractivity contribution >= 4 is 5.97 Å². The predicted octanol–water partition coefficient (Wildman–Crippen LogP) is 1.66. The van der Waals surface area contributed by atoms with Crippen LogP contribution in [0.1, 0.15) is 37.1 Å². The van der Waals surface area contributed by atoms with E-state index in [0.717, 1.165) is 0 Å². The molecule has 0 aliphatic rings. The number of carbonyl (C=O) groups is 1. The lowest BCUT2D eigenvalue weighted by atomic mass is 10.2. The van der Waals surface area contributed by atoms with E-state index in [9.17, 15) is 9.90 Å². The number of aliphatic hydroxyl groups is 1. The minimum Gasteiger partial charge on any atom is -0.463 e. The molecule has 0 aromatic carbocycles. The summed E-state index contributed by atoms with van der Waals surface area (Å²) in [6.07, 6.45) is -0.401. The van der Waals surface area contributed by atoms with Gasteiger partial charge in [0.05, 0.1) is 19.8 Å². The maximum Gasteiger partial charge on any atom is 0.373 e. The van der Waals surface area contributed by atoms with Crippen LogP contribution in [-0.4, -0.2) is 41.8 Å². The van der Waals surface area contributed by atoms with Crippen LogP contribution in [0.4, 0.5) is 0 Å². The number of ether oxygens (including phenoxy) is 1. The van der Waals surface area contributed by atoms with Crippen LogP contribution in [0.2, 0.25) is 0 Å². The molecule has 0 bridgehead atoms. The molecule has 1 heterocycles. The molecular formula is C13H21NO4. The summed E-state index contributed by atoms with van der Waals surface area (Å²) in [6.45, 7) is 6.96. The molecule has 1 atom stereocenters.